The molecule has 138 valence electrons. The molecule has 0 aliphatic carbocycles. The highest BCUT2D eigenvalue weighted by molar-refractivity contribution is 6.32. The molecule has 26 heavy (non-hydrogen) atoms. The number of para-hydroxylation sites is 1. The Labute approximate surface area is 156 Å². The Kier molecular flexibility index (Phi) is 5.52. The standard InChI is InChI=1S/C19H20ClFN2O3/c1-25-16-10-15(17(26-2)9-13(16)20)22-18(24)11-23-8-4-6-12-5-3-7-14(21)19(12)23/h3,5,7,9-10H,4,6,8,11H2,1-2H3,(H,22,24). The van der Waals surface area contributed by atoms with E-state index in [4.69, 9.17) is 21.1 Å². The van der Waals surface area contributed by atoms with E-state index in [9.17, 15) is 9.18 Å². The molecule has 1 aliphatic heterocycles. The Morgan fingerprint density at radius 1 is 1.27 bits per heavy atom. The lowest BCUT2D eigenvalue weighted by Gasteiger charge is -2.31. The van der Waals surface area contributed by atoms with Crippen molar-refractivity contribution in [3.8, 4) is 11.5 Å². The van der Waals surface area contributed by atoms with E-state index in [-0.39, 0.29) is 18.3 Å². The number of benzene rings is 2. The predicted octanol–water partition coefficient (Wildman–Crippen LogP) is 3.89. The summed E-state index contributed by atoms with van der Waals surface area (Å²) in [7, 11) is 2.98. The number of nitrogens with zero attached hydrogens (tertiary/aromatic N) is 1. The highest BCUT2D eigenvalue weighted by Gasteiger charge is 2.23. The van der Waals surface area contributed by atoms with Crippen molar-refractivity contribution in [2.24, 2.45) is 0 Å². The number of aryl methyl sites for hydroxylation is 1. The fraction of sp³-hybridized carbons (Fsp3) is 0.316. The first kappa shape index (κ1) is 18.3. The SMILES string of the molecule is COc1cc(NC(=O)CN2CCCc3cccc(F)c32)c(OC)cc1Cl. The highest BCUT2D eigenvalue weighted by Crippen LogP contribution is 2.36. The third-order valence-corrected chi connectivity index (χ3v) is 4.64. The summed E-state index contributed by atoms with van der Waals surface area (Å²) in [6, 6.07) is 8.19. The van der Waals surface area contributed by atoms with Crippen molar-refractivity contribution < 1.29 is 18.7 Å². The number of ether oxygens (including phenoxy) is 2. The summed E-state index contributed by atoms with van der Waals surface area (Å²) in [6.07, 6.45) is 1.69. The van der Waals surface area contributed by atoms with Crippen LogP contribution in [0.25, 0.3) is 0 Å². The first-order valence-electron chi connectivity index (χ1n) is 8.27. The van der Waals surface area contributed by atoms with Gasteiger partial charge in [0, 0.05) is 18.7 Å². The topological polar surface area (TPSA) is 50.8 Å². The number of hydrogen-bond donors (Lipinski definition) is 1. The van der Waals surface area contributed by atoms with Gasteiger partial charge in [-0.15, -0.1) is 0 Å². The van der Waals surface area contributed by atoms with Crippen LogP contribution >= 0.6 is 11.6 Å². The number of amides is 1. The van der Waals surface area contributed by atoms with E-state index >= 15 is 0 Å². The molecule has 0 spiro atoms. The van der Waals surface area contributed by atoms with E-state index in [0.717, 1.165) is 18.4 Å². The molecule has 1 aliphatic rings. The number of nitrogens with one attached hydrogen (secondary N) is 1. The van der Waals surface area contributed by atoms with Crippen molar-refractivity contribution in [1.29, 1.82) is 0 Å². The molecule has 2 aromatic rings. The molecule has 1 heterocycles. The van der Waals surface area contributed by atoms with Gasteiger partial charge < -0.3 is 19.7 Å². The maximum Gasteiger partial charge on any atom is 0.243 e. The minimum atomic E-state index is -0.305. The summed E-state index contributed by atoms with van der Waals surface area (Å²) in [6.45, 7) is 0.671. The molecule has 0 bridgehead atoms. The summed E-state index contributed by atoms with van der Waals surface area (Å²) in [5.74, 6) is 0.274. The smallest absolute Gasteiger partial charge is 0.243 e. The summed E-state index contributed by atoms with van der Waals surface area (Å²) >= 11 is 6.08. The Morgan fingerprint density at radius 3 is 2.77 bits per heavy atom. The summed E-state index contributed by atoms with van der Waals surface area (Å²) in [4.78, 5) is 14.3. The van der Waals surface area contributed by atoms with Crippen LogP contribution in [0.5, 0.6) is 11.5 Å². The number of methoxy groups -OCH3 is 2. The van der Waals surface area contributed by atoms with Crippen molar-refractivity contribution in [1.82, 2.24) is 0 Å². The molecule has 0 fully saturated rings. The Morgan fingerprint density at radius 2 is 2.04 bits per heavy atom. The van der Waals surface area contributed by atoms with E-state index in [1.165, 1.54) is 20.3 Å². The normalized spacial score (nSPS) is 13.2. The summed E-state index contributed by atoms with van der Waals surface area (Å²) in [5, 5.41) is 3.18. The highest BCUT2D eigenvalue weighted by atomic mass is 35.5. The zero-order valence-electron chi connectivity index (χ0n) is 14.6. The van der Waals surface area contributed by atoms with Gasteiger partial charge in [-0.1, -0.05) is 23.7 Å². The molecule has 7 heteroatoms. The Hall–Kier alpha value is -2.47. The minimum Gasteiger partial charge on any atom is -0.495 e. The number of rotatable bonds is 5. The van der Waals surface area contributed by atoms with Crippen LogP contribution in [0.2, 0.25) is 5.02 Å². The molecular weight excluding hydrogens is 359 g/mol. The molecule has 0 radical (unpaired) electrons. The minimum absolute atomic E-state index is 0.0437. The second-order valence-electron chi connectivity index (χ2n) is 6.01. The molecule has 0 unspecified atom stereocenters. The Bertz CT molecular complexity index is 829. The van der Waals surface area contributed by atoms with E-state index in [1.807, 2.05) is 6.07 Å². The monoisotopic (exact) mass is 378 g/mol. The molecule has 1 amide bonds. The number of anilines is 2. The van der Waals surface area contributed by atoms with Crippen LogP contribution in [0.3, 0.4) is 0 Å². The number of carbonyl (C=O) groups excluding carboxylic acids is 1. The van der Waals surface area contributed by atoms with Crippen LogP contribution < -0.4 is 19.7 Å². The van der Waals surface area contributed by atoms with Crippen LogP contribution in [-0.2, 0) is 11.2 Å². The average Bonchev–Trinajstić information content (AvgIpc) is 2.63. The van der Waals surface area contributed by atoms with Crippen LogP contribution in [0.15, 0.2) is 30.3 Å². The molecule has 0 atom stereocenters. The summed E-state index contributed by atoms with van der Waals surface area (Å²) < 4.78 is 24.7. The molecule has 0 saturated heterocycles. The fourth-order valence-electron chi connectivity index (χ4n) is 3.17. The maximum atomic E-state index is 14.2. The lowest BCUT2D eigenvalue weighted by atomic mass is 10.0. The van der Waals surface area contributed by atoms with Crippen molar-refractivity contribution in [2.45, 2.75) is 12.8 Å². The van der Waals surface area contributed by atoms with Crippen LogP contribution in [0.1, 0.15) is 12.0 Å². The van der Waals surface area contributed by atoms with E-state index in [2.05, 4.69) is 5.32 Å². The number of halogens is 2. The van der Waals surface area contributed by atoms with Gasteiger partial charge in [-0.05, 0) is 24.5 Å². The maximum absolute atomic E-state index is 14.2. The Balaban J connectivity index is 1.79. The van der Waals surface area contributed by atoms with Gasteiger partial charge in [0.25, 0.3) is 0 Å². The van der Waals surface area contributed by atoms with Gasteiger partial charge >= 0.3 is 0 Å². The molecule has 2 aromatic carbocycles. The molecular formula is C19H20ClFN2O3. The molecule has 5 nitrogen and oxygen atoms in total. The van der Waals surface area contributed by atoms with Gasteiger partial charge in [0.1, 0.15) is 17.3 Å². The third kappa shape index (κ3) is 3.70. The van der Waals surface area contributed by atoms with Crippen molar-refractivity contribution in [3.05, 3.63) is 46.7 Å². The fourth-order valence-corrected chi connectivity index (χ4v) is 3.40. The average molecular weight is 379 g/mol. The van der Waals surface area contributed by atoms with Gasteiger partial charge in [0.15, 0.2) is 0 Å². The van der Waals surface area contributed by atoms with E-state index in [0.29, 0.717) is 34.4 Å². The molecule has 1 N–H and O–H groups in total. The first-order valence-corrected chi connectivity index (χ1v) is 8.65. The molecule has 0 saturated carbocycles. The van der Waals surface area contributed by atoms with Crippen LogP contribution in [-0.4, -0.2) is 33.2 Å². The van der Waals surface area contributed by atoms with E-state index in [1.54, 1.807) is 23.1 Å². The largest absolute Gasteiger partial charge is 0.495 e. The van der Waals surface area contributed by atoms with Gasteiger partial charge in [0.05, 0.1) is 37.2 Å². The van der Waals surface area contributed by atoms with Crippen LogP contribution in [0, 0.1) is 5.82 Å². The zero-order chi connectivity index (χ0) is 18.7. The predicted molar refractivity (Wildman–Crippen MR) is 100 cm³/mol. The van der Waals surface area contributed by atoms with Crippen molar-refractivity contribution >= 4 is 28.9 Å². The first-order chi connectivity index (χ1) is 12.5. The number of fused-ring (bicyclic) bond motifs is 1. The van der Waals surface area contributed by atoms with Gasteiger partial charge in [-0.2, -0.15) is 0 Å². The number of carbonyl (C=O) groups is 1. The van der Waals surface area contributed by atoms with Crippen molar-refractivity contribution in [2.75, 3.05) is 37.5 Å². The van der Waals surface area contributed by atoms with Gasteiger partial charge in [-0.3, -0.25) is 4.79 Å². The zero-order valence-corrected chi connectivity index (χ0v) is 15.4. The quantitative estimate of drug-likeness (QED) is 0.857. The van der Waals surface area contributed by atoms with Gasteiger partial charge in [-0.25, -0.2) is 4.39 Å². The summed E-state index contributed by atoms with van der Waals surface area (Å²) in [5.41, 5.74) is 1.88. The lowest BCUT2D eigenvalue weighted by molar-refractivity contribution is -0.115. The third-order valence-electron chi connectivity index (χ3n) is 4.34. The molecule has 3 rings (SSSR count). The second kappa shape index (κ2) is 7.83. The lowest BCUT2D eigenvalue weighted by Crippen LogP contribution is -2.37. The molecule has 0 aromatic heterocycles. The van der Waals surface area contributed by atoms with E-state index < -0.39 is 0 Å². The van der Waals surface area contributed by atoms with Crippen molar-refractivity contribution in [3.63, 3.8) is 0 Å². The van der Waals surface area contributed by atoms with Crippen LogP contribution in [0.4, 0.5) is 15.8 Å². The number of hydrogen-bond acceptors (Lipinski definition) is 4. The second-order valence-corrected chi connectivity index (χ2v) is 6.42. The van der Waals surface area contributed by atoms with Gasteiger partial charge in [0.2, 0.25) is 5.91 Å².